The number of methoxy groups -OCH3 is 1. The Morgan fingerprint density at radius 3 is 2.89 bits per heavy atom. The normalized spacial score (nSPS) is 21.1. The second-order valence-corrected chi connectivity index (χ2v) is 4.49. The summed E-state index contributed by atoms with van der Waals surface area (Å²) in [7, 11) is 3.21. The van der Waals surface area contributed by atoms with E-state index >= 15 is 0 Å². The fourth-order valence-electron chi connectivity index (χ4n) is 2.03. The number of ether oxygens (including phenoxy) is 1. The predicted molar refractivity (Wildman–Crippen MR) is 69.1 cm³/mol. The van der Waals surface area contributed by atoms with Gasteiger partial charge in [0.2, 0.25) is 5.91 Å². The van der Waals surface area contributed by atoms with E-state index in [9.17, 15) is 9.59 Å². The number of rotatable bonds is 5. The number of nitrogens with zero attached hydrogens (tertiary/aromatic N) is 1. The van der Waals surface area contributed by atoms with Gasteiger partial charge in [-0.15, -0.1) is 0 Å². The summed E-state index contributed by atoms with van der Waals surface area (Å²) in [5.41, 5.74) is 0.685. The lowest BCUT2D eigenvalue weighted by molar-refractivity contribution is -0.136. The lowest BCUT2D eigenvalue weighted by Gasteiger charge is -2.30. The smallest absolute Gasteiger partial charge is 0.333 e. The van der Waals surface area contributed by atoms with Crippen LogP contribution in [0, 0.1) is 0 Å². The van der Waals surface area contributed by atoms with Crippen molar-refractivity contribution < 1.29 is 14.3 Å². The summed E-state index contributed by atoms with van der Waals surface area (Å²) in [4.78, 5) is 24.4. The Bertz CT molecular complexity index is 339. The number of carbonyl (C=O) groups excluding carboxylic acids is 2. The molecule has 5 nitrogen and oxygen atoms in total. The zero-order valence-electron chi connectivity index (χ0n) is 11.4. The molecular weight excluding hydrogens is 232 g/mol. The van der Waals surface area contributed by atoms with Crippen LogP contribution in [0.3, 0.4) is 0 Å². The van der Waals surface area contributed by atoms with Crippen LogP contribution < -0.4 is 5.32 Å². The molecule has 1 amide bonds. The van der Waals surface area contributed by atoms with Crippen LogP contribution in [0.15, 0.2) is 11.6 Å². The molecule has 1 N–H and O–H groups in total. The molecule has 0 aromatic heterocycles. The van der Waals surface area contributed by atoms with Crippen LogP contribution in [0.2, 0.25) is 0 Å². The molecule has 1 fully saturated rings. The molecule has 1 unspecified atom stereocenters. The highest BCUT2D eigenvalue weighted by Crippen LogP contribution is 2.09. The SMILES string of the molecule is CCC(=CCNC1CCC(=O)N(C)C1)C(=O)OC. The lowest BCUT2D eigenvalue weighted by atomic mass is 10.1. The maximum Gasteiger partial charge on any atom is 0.333 e. The molecule has 1 aliphatic heterocycles. The van der Waals surface area contributed by atoms with Crippen LogP contribution in [0.1, 0.15) is 26.2 Å². The number of carbonyl (C=O) groups is 2. The molecule has 102 valence electrons. The van der Waals surface area contributed by atoms with Crippen LogP contribution in [0.25, 0.3) is 0 Å². The molecule has 18 heavy (non-hydrogen) atoms. The predicted octanol–water partition coefficient (Wildman–Crippen LogP) is 0.706. The number of nitrogens with one attached hydrogen (secondary N) is 1. The van der Waals surface area contributed by atoms with Gasteiger partial charge in [0.1, 0.15) is 0 Å². The number of likely N-dealkylation sites (tertiary alicyclic amines) is 1. The highest BCUT2D eigenvalue weighted by molar-refractivity contribution is 5.88. The first-order valence-corrected chi connectivity index (χ1v) is 6.33. The first-order valence-electron chi connectivity index (χ1n) is 6.33. The van der Waals surface area contributed by atoms with Crippen LogP contribution >= 0.6 is 0 Å². The fourth-order valence-corrected chi connectivity index (χ4v) is 2.03. The highest BCUT2D eigenvalue weighted by atomic mass is 16.5. The van der Waals surface area contributed by atoms with Crippen molar-refractivity contribution in [3.05, 3.63) is 11.6 Å². The van der Waals surface area contributed by atoms with Crippen molar-refractivity contribution in [2.24, 2.45) is 0 Å². The van der Waals surface area contributed by atoms with Crippen LogP contribution in [-0.2, 0) is 14.3 Å². The number of likely N-dealkylation sites (N-methyl/N-ethyl adjacent to an activating group) is 1. The molecule has 0 aromatic rings. The quantitative estimate of drug-likeness (QED) is 0.580. The van der Waals surface area contributed by atoms with E-state index in [1.54, 1.807) is 4.90 Å². The fraction of sp³-hybridized carbons (Fsp3) is 0.692. The number of hydrogen-bond donors (Lipinski definition) is 1. The van der Waals surface area contributed by atoms with Crippen molar-refractivity contribution in [2.75, 3.05) is 27.2 Å². The monoisotopic (exact) mass is 254 g/mol. The third kappa shape index (κ3) is 4.14. The minimum Gasteiger partial charge on any atom is -0.466 e. The molecule has 0 bridgehead atoms. The third-order valence-electron chi connectivity index (χ3n) is 3.21. The molecular formula is C13H22N2O3. The minimum atomic E-state index is -0.268. The summed E-state index contributed by atoms with van der Waals surface area (Å²) in [6, 6.07) is 0.305. The van der Waals surface area contributed by atoms with Gasteiger partial charge in [-0.1, -0.05) is 13.0 Å². The summed E-state index contributed by atoms with van der Waals surface area (Å²) in [6.45, 7) is 3.28. The zero-order chi connectivity index (χ0) is 13.5. The Labute approximate surface area is 108 Å². The number of amides is 1. The Balaban J connectivity index is 2.39. The molecule has 0 aromatic carbocycles. The Hall–Kier alpha value is -1.36. The Morgan fingerprint density at radius 1 is 1.61 bits per heavy atom. The van der Waals surface area contributed by atoms with Crippen molar-refractivity contribution in [3.8, 4) is 0 Å². The molecule has 0 spiro atoms. The minimum absolute atomic E-state index is 0.201. The second-order valence-electron chi connectivity index (χ2n) is 4.49. The Kier molecular flexibility index (Phi) is 5.85. The van der Waals surface area contributed by atoms with Gasteiger partial charge in [0.05, 0.1) is 7.11 Å². The van der Waals surface area contributed by atoms with Crippen molar-refractivity contribution in [3.63, 3.8) is 0 Å². The highest BCUT2D eigenvalue weighted by Gasteiger charge is 2.21. The van der Waals surface area contributed by atoms with E-state index < -0.39 is 0 Å². The van der Waals surface area contributed by atoms with E-state index in [1.165, 1.54) is 7.11 Å². The maximum atomic E-state index is 11.3. The summed E-state index contributed by atoms with van der Waals surface area (Å²) in [6.07, 6.45) is 3.98. The van der Waals surface area contributed by atoms with Gasteiger partial charge in [-0.05, 0) is 12.8 Å². The first kappa shape index (κ1) is 14.7. The van der Waals surface area contributed by atoms with E-state index in [2.05, 4.69) is 10.1 Å². The van der Waals surface area contributed by atoms with E-state index in [0.29, 0.717) is 31.0 Å². The van der Waals surface area contributed by atoms with Crippen LogP contribution in [0.5, 0.6) is 0 Å². The Morgan fingerprint density at radius 2 is 2.33 bits per heavy atom. The molecule has 1 atom stereocenters. The molecule has 1 saturated heterocycles. The van der Waals surface area contributed by atoms with Crippen LogP contribution in [0.4, 0.5) is 0 Å². The van der Waals surface area contributed by atoms with Crippen molar-refractivity contribution in [1.82, 2.24) is 10.2 Å². The summed E-state index contributed by atoms with van der Waals surface area (Å²) >= 11 is 0. The van der Waals surface area contributed by atoms with Gasteiger partial charge in [0, 0.05) is 38.2 Å². The van der Waals surface area contributed by atoms with E-state index in [0.717, 1.165) is 13.0 Å². The molecule has 5 heteroatoms. The lowest BCUT2D eigenvalue weighted by Crippen LogP contribution is -2.46. The van der Waals surface area contributed by atoms with E-state index in [-0.39, 0.29) is 11.9 Å². The molecule has 0 saturated carbocycles. The topological polar surface area (TPSA) is 58.6 Å². The van der Waals surface area contributed by atoms with Crippen LogP contribution in [-0.4, -0.2) is 50.1 Å². The molecule has 0 radical (unpaired) electrons. The van der Waals surface area contributed by atoms with E-state index in [4.69, 9.17) is 0 Å². The van der Waals surface area contributed by atoms with Gasteiger partial charge in [0.25, 0.3) is 0 Å². The van der Waals surface area contributed by atoms with Gasteiger partial charge < -0.3 is 15.0 Å². The number of esters is 1. The average Bonchev–Trinajstić information content (AvgIpc) is 2.38. The molecule has 0 aliphatic carbocycles. The maximum absolute atomic E-state index is 11.3. The molecule has 1 aliphatic rings. The standard InChI is InChI=1S/C13H22N2O3/c1-4-10(13(17)18-3)7-8-14-11-5-6-12(16)15(2)9-11/h7,11,14H,4-6,8-9H2,1-3H3. The summed E-state index contributed by atoms with van der Waals surface area (Å²) in [5.74, 6) is -0.0670. The van der Waals surface area contributed by atoms with Crippen molar-refractivity contribution >= 4 is 11.9 Å². The zero-order valence-corrected chi connectivity index (χ0v) is 11.4. The van der Waals surface area contributed by atoms with Gasteiger partial charge >= 0.3 is 5.97 Å². The van der Waals surface area contributed by atoms with Gasteiger partial charge in [0.15, 0.2) is 0 Å². The van der Waals surface area contributed by atoms with E-state index in [1.807, 2.05) is 20.0 Å². The molecule has 1 heterocycles. The second kappa shape index (κ2) is 7.16. The third-order valence-corrected chi connectivity index (χ3v) is 3.21. The van der Waals surface area contributed by atoms with Crippen molar-refractivity contribution in [1.29, 1.82) is 0 Å². The average molecular weight is 254 g/mol. The summed E-state index contributed by atoms with van der Waals surface area (Å²) in [5, 5.41) is 3.34. The largest absolute Gasteiger partial charge is 0.466 e. The van der Waals surface area contributed by atoms with Gasteiger partial charge in [-0.3, -0.25) is 4.79 Å². The van der Waals surface area contributed by atoms with Gasteiger partial charge in [-0.2, -0.15) is 0 Å². The van der Waals surface area contributed by atoms with Crippen molar-refractivity contribution in [2.45, 2.75) is 32.2 Å². The number of hydrogen-bond acceptors (Lipinski definition) is 4. The van der Waals surface area contributed by atoms with Gasteiger partial charge in [-0.25, -0.2) is 4.79 Å². The first-order chi connectivity index (χ1) is 8.58. The summed E-state index contributed by atoms with van der Waals surface area (Å²) < 4.78 is 4.69. The molecule has 1 rings (SSSR count). The number of piperidine rings is 1.